The molecule has 0 radical (unpaired) electrons. The largest absolute Gasteiger partial charge is 0.495 e. The molecule has 1 aromatic rings. The number of alkyl halides is 3. The van der Waals surface area contributed by atoms with Gasteiger partial charge in [-0.2, -0.15) is 13.2 Å². The molecule has 4 nitrogen and oxygen atoms in total. The zero-order chi connectivity index (χ0) is 14.8. The molecule has 0 spiro atoms. The van der Waals surface area contributed by atoms with E-state index in [4.69, 9.17) is 4.74 Å². The van der Waals surface area contributed by atoms with Crippen molar-refractivity contribution < 1.29 is 22.7 Å². The third kappa shape index (κ3) is 2.97. The lowest BCUT2D eigenvalue weighted by atomic mass is 10.1. The molecule has 7 heteroatoms. The first-order valence-corrected chi connectivity index (χ1v) is 6.16. The predicted molar refractivity (Wildman–Crippen MR) is 67.8 cm³/mol. The molecule has 1 amide bonds. The van der Waals surface area contributed by atoms with E-state index in [0.717, 1.165) is 0 Å². The van der Waals surface area contributed by atoms with Crippen LogP contribution in [0.25, 0.3) is 0 Å². The Morgan fingerprint density at radius 1 is 1.35 bits per heavy atom. The molecule has 1 aromatic carbocycles. The van der Waals surface area contributed by atoms with Gasteiger partial charge in [0.2, 0.25) is 5.91 Å². The second-order valence-electron chi connectivity index (χ2n) is 4.48. The van der Waals surface area contributed by atoms with E-state index in [-0.39, 0.29) is 18.9 Å². The lowest BCUT2D eigenvalue weighted by molar-refractivity contribution is -0.147. The summed E-state index contributed by atoms with van der Waals surface area (Å²) in [4.78, 5) is 12.5. The van der Waals surface area contributed by atoms with Crippen LogP contribution in [0.4, 0.5) is 18.9 Å². The van der Waals surface area contributed by atoms with Gasteiger partial charge in [0.25, 0.3) is 0 Å². The molecule has 1 unspecified atom stereocenters. The number of carbonyl (C=O) groups is 1. The molecule has 1 heterocycles. The predicted octanol–water partition coefficient (Wildman–Crippen LogP) is 1.95. The van der Waals surface area contributed by atoms with Crippen molar-refractivity contribution in [2.75, 3.05) is 25.1 Å². The highest BCUT2D eigenvalue weighted by Crippen LogP contribution is 2.35. The Hall–Kier alpha value is -1.92. The molecule has 20 heavy (non-hydrogen) atoms. The minimum absolute atomic E-state index is 0.00359. The van der Waals surface area contributed by atoms with E-state index in [9.17, 15) is 18.0 Å². The summed E-state index contributed by atoms with van der Waals surface area (Å²) in [6.07, 6.45) is -4.41. The Bertz CT molecular complexity index is 491. The summed E-state index contributed by atoms with van der Waals surface area (Å²) >= 11 is 0. The van der Waals surface area contributed by atoms with Crippen LogP contribution < -0.4 is 15.0 Å². The number of methoxy groups -OCH3 is 1. The van der Waals surface area contributed by atoms with Crippen LogP contribution in [0.15, 0.2) is 24.3 Å². The van der Waals surface area contributed by atoms with Crippen LogP contribution >= 0.6 is 0 Å². The summed E-state index contributed by atoms with van der Waals surface area (Å²) in [5.74, 6) is -0.0206. The second-order valence-corrected chi connectivity index (χ2v) is 4.48. The van der Waals surface area contributed by atoms with Gasteiger partial charge in [0.1, 0.15) is 11.8 Å². The molecule has 1 aliphatic heterocycles. The van der Waals surface area contributed by atoms with Crippen LogP contribution in [0.2, 0.25) is 0 Å². The van der Waals surface area contributed by atoms with Gasteiger partial charge in [-0.25, -0.2) is 0 Å². The normalized spacial score (nSPS) is 20.3. The number of carbonyl (C=O) groups excluding carboxylic acids is 1. The molecular weight excluding hydrogens is 273 g/mol. The lowest BCUT2D eigenvalue weighted by Gasteiger charge is -2.33. The number of amides is 1. The van der Waals surface area contributed by atoms with Crippen molar-refractivity contribution in [3.8, 4) is 5.75 Å². The third-order valence-corrected chi connectivity index (χ3v) is 3.22. The smallest absolute Gasteiger partial charge is 0.410 e. The van der Waals surface area contributed by atoms with E-state index in [2.05, 4.69) is 5.32 Å². The van der Waals surface area contributed by atoms with Crippen molar-refractivity contribution in [2.24, 2.45) is 0 Å². The van der Waals surface area contributed by atoms with Crippen LogP contribution in [-0.2, 0) is 4.79 Å². The number of nitrogens with zero attached hydrogens (tertiary/aromatic N) is 1. The minimum Gasteiger partial charge on any atom is -0.495 e. The molecule has 1 N–H and O–H groups in total. The molecule has 0 aliphatic carbocycles. The Labute approximate surface area is 114 Å². The van der Waals surface area contributed by atoms with Crippen LogP contribution in [0.1, 0.15) is 6.42 Å². The Kier molecular flexibility index (Phi) is 4.06. The highest BCUT2D eigenvalue weighted by atomic mass is 19.4. The number of rotatable bonds is 2. The molecule has 0 aromatic heterocycles. The SMILES string of the molecule is COc1ccccc1N1CCC(=O)NCC1C(F)(F)F. The minimum atomic E-state index is -4.43. The Morgan fingerprint density at radius 2 is 2.05 bits per heavy atom. The van der Waals surface area contributed by atoms with E-state index in [0.29, 0.717) is 11.4 Å². The van der Waals surface area contributed by atoms with Crippen molar-refractivity contribution in [2.45, 2.75) is 18.6 Å². The first kappa shape index (κ1) is 14.5. The maximum absolute atomic E-state index is 13.2. The molecule has 0 saturated carbocycles. The van der Waals surface area contributed by atoms with E-state index < -0.39 is 18.8 Å². The Morgan fingerprint density at radius 3 is 2.70 bits per heavy atom. The molecule has 110 valence electrons. The first-order chi connectivity index (χ1) is 9.43. The average Bonchev–Trinajstić information content (AvgIpc) is 2.60. The molecule has 2 rings (SSSR count). The van der Waals surface area contributed by atoms with Crippen molar-refractivity contribution in [1.82, 2.24) is 5.32 Å². The molecular formula is C13H15F3N2O2. The molecule has 0 bridgehead atoms. The zero-order valence-corrected chi connectivity index (χ0v) is 10.9. The van der Waals surface area contributed by atoms with E-state index >= 15 is 0 Å². The van der Waals surface area contributed by atoms with Crippen molar-refractivity contribution >= 4 is 11.6 Å². The fourth-order valence-corrected chi connectivity index (χ4v) is 2.23. The summed E-state index contributed by atoms with van der Waals surface area (Å²) in [6.45, 7) is -0.462. The third-order valence-electron chi connectivity index (χ3n) is 3.22. The van der Waals surface area contributed by atoms with Gasteiger partial charge in [0.05, 0.1) is 12.8 Å². The summed E-state index contributed by atoms with van der Waals surface area (Å²) in [7, 11) is 1.41. The number of anilines is 1. The molecule has 1 saturated heterocycles. The zero-order valence-electron chi connectivity index (χ0n) is 10.9. The maximum atomic E-state index is 13.2. The van der Waals surface area contributed by atoms with E-state index in [1.807, 2.05) is 0 Å². The number of hydrogen-bond acceptors (Lipinski definition) is 3. The van der Waals surface area contributed by atoms with Crippen molar-refractivity contribution in [1.29, 1.82) is 0 Å². The first-order valence-electron chi connectivity index (χ1n) is 6.16. The van der Waals surface area contributed by atoms with Crippen LogP contribution in [0.3, 0.4) is 0 Å². The van der Waals surface area contributed by atoms with E-state index in [1.54, 1.807) is 24.3 Å². The summed E-state index contributed by atoms with van der Waals surface area (Å²) < 4.78 is 44.7. The van der Waals surface area contributed by atoms with Gasteiger partial charge < -0.3 is 15.0 Å². The maximum Gasteiger partial charge on any atom is 0.410 e. The molecule has 1 atom stereocenters. The highest BCUT2D eigenvalue weighted by Gasteiger charge is 2.45. The van der Waals surface area contributed by atoms with Gasteiger partial charge in [-0.3, -0.25) is 4.79 Å². The fourth-order valence-electron chi connectivity index (χ4n) is 2.23. The quantitative estimate of drug-likeness (QED) is 0.904. The number of ether oxygens (including phenoxy) is 1. The summed E-state index contributed by atoms with van der Waals surface area (Å²) in [6, 6.07) is 4.73. The van der Waals surface area contributed by atoms with Gasteiger partial charge in [0.15, 0.2) is 0 Å². The summed E-state index contributed by atoms with van der Waals surface area (Å²) in [5, 5.41) is 2.30. The van der Waals surface area contributed by atoms with Gasteiger partial charge in [-0.05, 0) is 12.1 Å². The fraction of sp³-hybridized carbons (Fsp3) is 0.462. The van der Waals surface area contributed by atoms with Crippen LogP contribution in [-0.4, -0.2) is 38.3 Å². The second kappa shape index (κ2) is 5.60. The lowest BCUT2D eigenvalue weighted by Crippen LogP contribution is -2.50. The highest BCUT2D eigenvalue weighted by molar-refractivity contribution is 5.77. The molecule has 1 aliphatic rings. The number of para-hydroxylation sites is 2. The van der Waals surface area contributed by atoms with Gasteiger partial charge in [-0.15, -0.1) is 0 Å². The number of nitrogens with one attached hydrogen (secondary N) is 1. The van der Waals surface area contributed by atoms with Crippen molar-refractivity contribution in [3.63, 3.8) is 0 Å². The standard InChI is InChI=1S/C13H15F3N2O2/c1-20-10-5-3-2-4-9(10)18-7-6-12(19)17-8-11(18)13(14,15)16/h2-5,11H,6-8H2,1H3,(H,17,19). The monoisotopic (exact) mass is 288 g/mol. The Balaban J connectivity index is 2.40. The van der Waals surface area contributed by atoms with Gasteiger partial charge in [-0.1, -0.05) is 12.1 Å². The van der Waals surface area contributed by atoms with Gasteiger partial charge in [0, 0.05) is 19.5 Å². The van der Waals surface area contributed by atoms with Crippen molar-refractivity contribution in [3.05, 3.63) is 24.3 Å². The summed E-state index contributed by atoms with van der Waals surface area (Å²) in [5.41, 5.74) is 0.342. The van der Waals surface area contributed by atoms with Crippen LogP contribution in [0, 0.1) is 0 Å². The van der Waals surface area contributed by atoms with Gasteiger partial charge >= 0.3 is 6.18 Å². The number of halogens is 3. The van der Waals surface area contributed by atoms with E-state index in [1.165, 1.54) is 12.0 Å². The molecule has 1 fully saturated rings. The average molecular weight is 288 g/mol. The topological polar surface area (TPSA) is 41.6 Å². The number of hydrogen-bond donors (Lipinski definition) is 1. The number of benzene rings is 1. The van der Waals surface area contributed by atoms with Crippen LogP contribution in [0.5, 0.6) is 5.75 Å².